The van der Waals surface area contributed by atoms with Crippen LogP contribution in [-0.2, 0) is 9.47 Å². The summed E-state index contributed by atoms with van der Waals surface area (Å²) in [6, 6.07) is 44.8. The van der Waals surface area contributed by atoms with E-state index in [0.717, 1.165) is 22.3 Å². The van der Waals surface area contributed by atoms with Crippen molar-refractivity contribution in [3.63, 3.8) is 0 Å². The van der Waals surface area contributed by atoms with Gasteiger partial charge in [0.2, 0.25) is 0 Å². The molecular weight excluding hydrogens is 705 g/mol. The number of amides is 2. The van der Waals surface area contributed by atoms with Gasteiger partial charge in [-0.15, -0.1) is 0 Å². The molecule has 0 unspecified atom stereocenters. The highest BCUT2D eigenvalue weighted by Gasteiger charge is 2.38. The third-order valence-electron chi connectivity index (χ3n) is 8.86. The zero-order valence-corrected chi connectivity index (χ0v) is 30.5. The van der Waals surface area contributed by atoms with Crippen molar-refractivity contribution in [3.8, 4) is 35.2 Å². The van der Waals surface area contributed by atoms with Crippen LogP contribution in [0.25, 0.3) is 0 Å². The summed E-state index contributed by atoms with van der Waals surface area (Å²) in [7, 11) is 3.21. The Balaban J connectivity index is 0.000000172. The van der Waals surface area contributed by atoms with Crippen molar-refractivity contribution in [1.82, 2.24) is 20.6 Å². The van der Waals surface area contributed by atoms with Gasteiger partial charge in [0.05, 0.1) is 25.6 Å². The number of pyridine rings is 2. The first kappa shape index (κ1) is 36.8. The second-order valence-electron chi connectivity index (χ2n) is 12.6. The number of ether oxygens (including phenoxy) is 4. The van der Waals surface area contributed by atoms with E-state index in [2.05, 4.69) is 44.3 Å². The van der Waals surface area contributed by atoms with Crippen molar-refractivity contribution in [2.75, 3.05) is 14.2 Å². The first-order chi connectivity index (χ1) is 27.4. The summed E-state index contributed by atoms with van der Waals surface area (Å²) in [6.07, 6.45) is -1.93. The van der Waals surface area contributed by atoms with Crippen LogP contribution in [-0.4, -0.2) is 36.4 Å². The van der Waals surface area contributed by atoms with E-state index in [1.807, 2.05) is 146 Å². The smallest absolute Gasteiger partial charge is 0.408 e. The van der Waals surface area contributed by atoms with E-state index in [1.54, 1.807) is 14.2 Å². The summed E-state index contributed by atoms with van der Waals surface area (Å²) in [5.41, 5.74) is 6.16. The standard InChI is InChI=1S/2C23H18N2O3/c2*1-27-19-11-5-9-17(15-19)22-21(25-23(26)28-22)20-12-6-10-18(24-20)14-13-16-7-3-2-4-8-16/h2*2-12,15,21-22H,1H3,(H,25,26)/t2*21-,22-/m10/s1. The minimum Gasteiger partial charge on any atom is -0.497 e. The maximum atomic E-state index is 11.9. The third-order valence-corrected chi connectivity index (χ3v) is 8.86. The van der Waals surface area contributed by atoms with Gasteiger partial charge in [0.15, 0.2) is 12.2 Å². The molecular formula is C46H36N4O6. The number of alkyl carbamates (subject to hydrolysis) is 2. The van der Waals surface area contributed by atoms with E-state index in [1.165, 1.54) is 0 Å². The highest BCUT2D eigenvalue weighted by molar-refractivity contribution is 5.71. The molecule has 2 aliphatic rings. The molecule has 2 aromatic heterocycles. The average molecular weight is 741 g/mol. The van der Waals surface area contributed by atoms with Crippen LogP contribution in [0.1, 0.15) is 69.3 Å². The summed E-state index contributed by atoms with van der Waals surface area (Å²) < 4.78 is 21.6. The Hall–Kier alpha value is -7.56. The quantitative estimate of drug-likeness (QED) is 0.165. The molecule has 0 radical (unpaired) electrons. The van der Waals surface area contributed by atoms with Crippen molar-refractivity contribution >= 4 is 12.2 Å². The monoisotopic (exact) mass is 740 g/mol. The first-order valence-corrected chi connectivity index (χ1v) is 17.8. The lowest BCUT2D eigenvalue weighted by atomic mass is 9.99. The molecule has 276 valence electrons. The molecule has 10 heteroatoms. The minimum absolute atomic E-state index is 0.405. The Bertz CT molecular complexity index is 2280. The number of hydrogen-bond donors (Lipinski definition) is 2. The SMILES string of the molecule is COc1cccc([C@@H]2OC(=O)N[C@H]2c2cccc(C#Cc3ccccc3)n2)c1.COc1cccc([C@H]2OC(=O)N[C@@H]2c2cccc(C#Cc3ccccc3)n2)c1. The Morgan fingerprint density at radius 1 is 0.500 bits per heavy atom. The van der Waals surface area contributed by atoms with Crippen molar-refractivity contribution < 1.29 is 28.5 Å². The number of carbonyl (C=O) groups excluding carboxylic acids is 2. The van der Waals surface area contributed by atoms with Crippen molar-refractivity contribution in [3.05, 3.63) is 191 Å². The van der Waals surface area contributed by atoms with Gasteiger partial charge >= 0.3 is 12.2 Å². The van der Waals surface area contributed by atoms with Crippen LogP contribution in [0, 0.1) is 23.7 Å². The van der Waals surface area contributed by atoms with E-state index in [4.69, 9.17) is 18.9 Å². The van der Waals surface area contributed by atoms with Gasteiger partial charge in [0.25, 0.3) is 0 Å². The zero-order valence-electron chi connectivity index (χ0n) is 30.5. The van der Waals surface area contributed by atoms with E-state index >= 15 is 0 Å². The predicted octanol–water partition coefficient (Wildman–Crippen LogP) is 8.02. The molecule has 0 spiro atoms. The number of aromatic nitrogens is 2. The van der Waals surface area contributed by atoms with Gasteiger partial charge in [-0.1, -0.05) is 84.6 Å². The largest absolute Gasteiger partial charge is 0.497 e. The molecule has 8 rings (SSSR count). The Morgan fingerprint density at radius 2 is 0.911 bits per heavy atom. The highest BCUT2D eigenvalue weighted by Crippen LogP contribution is 2.38. The van der Waals surface area contributed by atoms with Crippen molar-refractivity contribution in [1.29, 1.82) is 0 Å². The van der Waals surface area contributed by atoms with E-state index < -0.39 is 36.5 Å². The van der Waals surface area contributed by atoms with Crippen LogP contribution in [0.5, 0.6) is 11.5 Å². The van der Waals surface area contributed by atoms with E-state index in [9.17, 15) is 9.59 Å². The Labute approximate surface area is 324 Å². The molecule has 2 aliphatic heterocycles. The van der Waals surface area contributed by atoms with Gasteiger partial charge in [0.1, 0.15) is 35.0 Å². The fourth-order valence-corrected chi connectivity index (χ4v) is 6.16. The fraction of sp³-hybridized carbons (Fsp3) is 0.130. The number of methoxy groups -OCH3 is 2. The number of rotatable bonds is 6. The summed E-state index contributed by atoms with van der Waals surface area (Å²) in [5, 5.41) is 5.69. The molecule has 2 saturated heterocycles. The zero-order chi connectivity index (χ0) is 38.7. The summed E-state index contributed by atoms with van der Waals surface area (Å²) in [5.74, 6) is 13.8. The summed E-state index contributed by atoms with van der Waals surface area (Å²) in [6.45, 7) is 0. The van der Waals surface area contributed by atoms with Crippen LogP contribution in [0.2, 0.25) is 0 Å². The Kier molecular flexibility index (Phi) is 11.5. The number of benzene rings is 4. The first-order valence-electron chi connectivity index (χ1n) is 17.8. The molecule has 4 atom stereocenters. The summed E-state index contributed by atoms with van der Waals surface area (Å²) >= 11 is 0. The third kappa shape index (κ3) is 9.14. The number of cyclic esters (lactones) is 2. The number of hydrogen-bond acceptors (Lipinski definition) is 8. The molecule has 2 amide bonds. The number of nitrogens with one attached hydrogen (secondary N) is 2. The molecule has 0 aliphatic carbocycles. The number of carbonyl (C=O) groups is 2. The summed E-state index contributed by atoms with van der Waals surface area (Å²) in [4.78, 5) is 33.1. The molecule has 0 bridgehead atoms. The topological polar surface area (TPSA) is 121 Å². The minimum atomic E-state index is -0.493. The molecule has 4 aromatic carbocycles. The van der Waals surface area contributed by atoms with E-state index in [0.29, 0.717) is 34.3 Å². The van der Waals surface area contributed by atoms with Crippen LogP contribution in [0.3, 0.4) is 0 Å². The van der Waals surface area contributed by atoms with Gasteiger partial charge in [-0.2, -0.15) is 0 Å². The molecule has 2 fully saturated rings. The van der Waals surface area contributed by atoms with Gasteiger partial charge in [-0.25, -0.2) is 19.6 Å². The van der Waals surface area contributed by atoms with Crippen molar-refractivity contribution in [2.45, 2.75) is 24.3 Å². The lowest BCUT2D eigenvalue weighted by molar-refractivity contribution is 0.131. The maximum absolute atomic E-state index is 11.9. The fourth-order valence-electron chi connectivity index (χ4n) is 6.16. The van der Waals surface area contributed by atoms with E-state index in [-0.39, 0.29) is 0 Å². The maximum Gasteiger partial charge on any atom is 0.408 e. The molecule has 0 saturated carbocycles. The molecule has 10 nitrogen and oxygen atoms in total. The molecule has 2 N–H and O–H groups in total. The average Bonchev–Trinajstić information content (AvgIpc) is 3.86. The van der Waals surface area contributed by atoms with Crippen LogP contribution in [0.4, 0.5) is 9.59 Å². The second-order valence-corrected chi connectivity index (χ2v) is 12.6. The molecule has 6 aromatic rings. The normalized spacial score (nSPS) is 17.8. The predicted molar refractivity (Wildman–Crippen MR) is 210 cm³/mol. The van der Waals surface area contributed by atoms with Gasteiger partial charge in [-0.3, -0.25) is 0 Å². The van der Waals surface area contributed by atoms with Crippen LogP contribution >= 0.6 is 0 Å². The van der Waals surface area contributed by atoms with Crippen molar-refractivity contribution in [2.24, 2.45) is 0 Å². The van der Waals surface area contributed by atoms with Crippen LogP contribution in [0.15, 0.2) is 146 Å². The van der Waals surface area contributed by atoms with Gasteiger partial charge in [0, 0.05) is 11.1 Å². The number of nitrogens with zero attached hydrogens (tertiary/aromatic N) is 2. The Morgan fingerprint density at radius 3 is 1.32 bits per heavy atom. The lowest BCUT2D eigenvalue weighted by Gasteiger charge is -2.17. The van der Waals surface area contributed by atoms with Gasteiger partial charge < -0.3 is 29.6 Å². The van der Waals surface area contributed by atoms with Gasteiger partial charge in [-0.05, 0) is 95.8 Å². The molecule has 56 heavy (non-hydrogen) atoms. The van der Waals surface area contributed by atoms with Crippen LogP contribution < -0.4 is 20.1 Å². The highest BCUT2D eigenvalue weighted by atomic mass is 16.6. The second kappa shape index (κ2) is 17.5. The molecule has 4 heterocycles. The lowest BCUT2D eigenvalue weighted by Crippen LogP contribution is -2.20.